The van der Waals surface area contributed by atoms with Crippen molar-refractivity contribution in [1.29, 1.82) is 0 Å². The zero-order valence-electron chi connectivity index (χ0n) is 7.86. The van der Waals surface area contributed by atoms with Crippen molar-refractivity contribution < 1.29 is 9.90 Å². The first kappa shape index (κ1) is 10.5. The topological polar surface area (TPSA) is 73.4 Å². The van der Waals surface area contributed by atoms with Crippen LogP contribution in [0.15, 0.2) is 23.1 Å². The molecule has 0 atom stereocenters. The standard InChI is InChI=1S/C9H12N2O3/c1-11(4-5-12)9(14)7-2-3-8(13)10-6-7/h2-3,6,12H,4-5H2,1H3,(H,10,13). The van der Waals surface area contributed by atoms with E-state index in [4.69, 9.17) is 5.11 Å². The van der Waals surface area contributed by atoms with Crippen LogP contribution >= 0.6 is 0 Å². The highest BCUT2D eigenvalue weighted by Gasteiger charge is 2.10. The molecule has 0 fully saturated rings. The second-order valence-electron chi connectivity index (χ2n) is 2.89. The summed E-state index contributed by atoms with van der Waals surface area (Å²) in [5.41, 5.74) is 0.159. The number of hydrogen-bond acceptors (Lipinski definition) is 3. The van der Waals surface area contributed by atoms with Gasteiger partial charge in [0.25, 0.3) is 5.91 Å². The Bertz CT molecular complexity index is 352. The Morgan fingerprint density at radius 2 is 2.29 bits per heavy atom. The minimum atomic E-state index is -0.244. The molecule has 2 N–H and O–H groups in total. The highest BCUT2D eigenvalue weighted by Crippen LogP contribution is 1.98. The molecular formula is C9H12N2O3. The van der Waals surface area contributed by atoms with Gasteiger partial charge in [0.15, 0.2) is 0 Å². The quantitative estimate of drug-likeness (QED) is 0.680. The molecule has 0 spiro atoms. The van der Waals surface area contributed by atoms with Gasteiger partial charge in [0.1, 0.15) is 0 Å². The number of aliphatic hydroxyl groups excluding tert-OH is 1. The average molecular weight is 196 g/mol. The van der Waals surface area contributed by atoms with Crippen LogP contribution in [0, 0.1) is 0 Å². The summed E-state index contributed by atoms with van der Waals surface area (Å²) < 4.78 is 0. The lowest BCUT2D eigenvalue weighted by molar-refractivity contribution is 0.0766. The summed E-state index contributed by atoms with van der Waals surface area (Å²) >= 11 is 0. The number of pyridine rings is 1. The monoisotopic (exact) mass is 196 g/mol. The van der Waals surface area contributed by atoms with E-state index < -0.39 is 0 Å². The molecule has 1 heterocycles. The molecule has 0 aliphatic carbocycles. The zero-order valence-corrected chi connectivity index (χ0v) is 7.86. The lowest BCUT2D eigenvalue weighted by Crippen LogP contribution is -2.29. The number of H-pyrrole nitrogens is 1. The van der Waals surface area contributed by atoms with Gasteiger partial charge in [0.2, 0.25) is 5.56 Å². The Balaban J connectivity index is 2.79. The van der Waals surface area contributed by atoms with E-state index in [9.17, 15) is 9.59 Å². The molecule has 5 heteroatoms. The third-order valence-electron chi connectivity index (χ3n) is 1.81. The van der Waals surface area contributed by atoms with Gasteiger partial charge in [-0.05, 0) is 6.07 Å². The summed E-state index contributed by atoms with van der Waals surface area (Å²) in [6.07, 6.45) is 1.36. The number of likely N-dealkylation sites (N-methyl/N-ethyl adjacent to an activating group) is 1. The maximum atomic E-state index is 11.5. The van der Waals surface area contributed by atoms with Gasteiger partial charge in [-0.2, -0.15) is 0 Å². The van der Waals surface area contributed by atoms with Crippen LogP contribution in [-0.2, 0) is 0 Å². The smallest absolute Gasteiger partial charge is 0.255 e. The van der Waals surface area contributed by atoms with Gasteiger partial charge in [-0.15, -0.1) is 0 Å². The number of rotatable bonds is 3. The maximum absolute atomic E-state index is 11.5. The van der Waals surface area contributed by atoms with E-state index in [0.717, 1.165) is 0 Å². The van der Waals surface area contributed by atoms with Crippen LogP contribution in [0.25, 0.3) is 0 Å². The molecule has 76 valence electrons. The van der Waals surface area contributed by atoms with Crippen LogP contribution in [0.3, 0.4) is 0 Å². The molecule has 0 radical (unpaired) electrons. The maximum Gasteiger partial charge on any atom is 0.255 e. The Kier molecular flexibility index (Phi) is 3.41. The summed E-state index contributed by atoms with van der Waals surface area (Å²) in [6, 6.07) is 2.75. The lowest BCUT2D eigenvalue weighted by Gasteiger charge is -2.14. The van der Waals surface area contributed by atoms with Crippen molar-refractivity contribution in [3.8, 4) is 0 Å². The van der Waals surface area contributed by atoms with Crippen molar-refractivity contribution in [2.45, 2.75) is 0 Å². The normalized spacial score (nSPS) is 9.86. The van der Waals surface area contributed by atoms with Crippen LogP contribution in [0.5, 0.6) is 0 Å². The summed E-state index contributed by atoms with van der Waals surface area (Å²) in [5, 5.41) is 8.62. The lowest BCUT2D eigenvalue weighted by atomic mass is 10.2. The largest absolute Gasteiger partial charge is 0.395 e. The molecule has 1 aromatic heterocycles. The van der Waals surface area contributed by atoms with Crippen molar-refractivity contribution in [1.82, 2.24) is 9.88 Å². The molecular weight excluding hydrogens is 184 g/mol. The Morgan fingerprint density at radius 1 is 1.57 bits per heavy atom. The third kappa shape index (κ3) is 2.43. The second kappa shape index (κ2) is 4.57. The van der Waals surface area contributed by atoms with Gasteiger partial charge in [-0.1, -0.05) is 0 Å². The molecule has 0 bridgehead atoms. The van der Waals surface area contributed by atoms with E-state index in [2.05, 4.69) is 4.98 Å². The molecule has 14 heavy (non-hydrogen) atoms. The average Bonchev–Trinajstić information content (AvgIpc) is 2.18. The number of amides is 1. The van der Waals surface area contributed by atoms with Gasteiger partial charge in [0, 0.05) is 25.9 Å². The number of aliphatic hydroxyl groups is 1. The number of carbonyl (C=O) groups excluding carboxylic acids is 1. The SMILES string of the molecule is CN(CCO)C(=O)c1ccc(=O)[nH]c1. The first-order valence-electron chi connectivity index (χ1n) is 4.20. The van der Waals surface area contributed by atoms with E-state index in [1.807, 2.05) is 0 Å². The first-order chi connectivity index (χ1) is 6.65. The van der Waals surface area contributed by atoms with Crippen LogP contribution in [0.4, 0.5) is 0 Å². The molecule has 0 aromatic carbocycles. The van der Waals surface area contributed by atoms with E-state index in [0.29, 0.717) is 5.56 Å². The molecule has 5 nitrogen and oxygen atoms in total. The van der Waals surface area contributed by atoms with E-state index in [-0.39, 0.29) is 24.6 Å². The zero-order chi connectivity index (χ0) is 10.6. The van der Waals surface area contributed by atoms with Crippen molar-refractivity contribution in [2.75, 3.05) is 20.2 Å². The molecule has 1 amide bonds. The van der Waals surface area contributed by atoms with Crippen LogP contribution in [0.1, 0.15) is 10.4 Å². The van der Waals surface area contributed by atoms with Crippen molar-refractivity contribution in [3.63, 3.8) is 0 Å². The number of carbonyl (C=O) groups is 1. The van der Waals surface area contributed by atoms with E-state index >= 15 is 0 Å². The Morgan fingerprint density at radius 3 is 2.79 bits per heavy atom. The summed E-state index contributed by atoms with van der Waals surface area (Å²) in [7, 11) is 1.59. The van der Waals surface area contributed by atoms with Crippen LogP contribution in [-0.4, -0.2) is 41.1 Å². The molecule has 0 unspecified atom stereocenters. The number of aromatic amines is 1. The van der Waals surface area contributed by atoms with Gasteiger partial charge >= 0.3 is 0 Å². The molecule has 0 aliphatic heterocycles. The third-order valence-corrected chi connectivity index (χ3v) is 1.81. The number of nitrogens with zero attached hydrogens (tertiary/aromatic N) is 1. The van der Waals surface area contributed by atoms with Crippen LogP contribution < -0.4 is 5.56 Å². The van der Waals surface area contributed by atoms with Gasteiger partial charge in [0.05, 0.1) is 12.2 Å². The fourth-order valence-corrected chi connectivity index (χ4v) is 1.02. The summed E-state index contributed by atoms with van der Waals surface area (Å²) in [4.78, 5) is 26.1. The highest BCUT2D eigenvalue weighted by atomic mass is 16.3. The van der Waals surface area contributed by atoms with E-state index in [1.165, 1.54) is 23.2 Å². The predicted octanol–water partition coefficient (Wildman–Crippen LogP) is -0.561. The summed E-state index contributed by atoms with van der Waals surface area (Å²) in [5.74, 6) is -0.227. The number of aromatic nitrogens is 1. The predicted molar refractivity (Wildman–Crippen MR) is 51.1 cm³/mol. The fraction of sp³-hybridized carbons (Fsp3) is 0.333. The Labute approximate surface area is 81.0 Å². The number of nitrogens with one attached hydrogen (secondary N) is 1. The number of hydrogen-bond donors (Lipinski definition) is 2. The molecule has 0 saturated carbocycles. The molecule has 0 saturated heterocycles. The van der Waals surface area contributed by atoms with Crippen molar-refractivity contribution in [2.24, 2.45) is 0 Å². The summed E-state index contributed by atoms with van der Waals surface area (Å²) in [6.45, 7) is 0.198. The Hall–Kier alpha value is -1.62. The van der Waals surface area contributed by atoms with Crippen molar-refractivity contribution >= 4 is 5.91 Å². The minimum Gasteiger partial charge on any atom is -0.395 e. The van der Waals surface area contributed by atoms with E-state index in [1.54, 1.807) is 7.05 Å². The van der Waals surface area contributed by atoms with Gasteiger partial charge in [-0.25, -0.2) is 0 Å². The first-order valence-corrected chi connectivity index (χ1v) is 4.20. The van der Waals surface area contributed by atoms with Crippen LogP contribution in [0.2, 0.25) is 0 Å². The van der Waals surface area contributed by atoms with Crippen molar-refractivity contribution in [3.05, 3.63) is 34.2 Å². The molecule has 1 aromatic rings. The molecule has 0 aliphatic rings. The van der Waals surface area contributed by atoms with Gasteiger partial charge in [-0.3, -0.25) is 9.59 Å². The highest BCUT2D eigenvalue weighted by molar-refractivity contribution is 5.93. The van der Waals surface area contributed by atoms with Gasteiger partial charge < -0.3 is 15.0 Å². The second-order valence-corrected chi connectivity index (χ2v) is 2.89. The minimum absolute atomic E-state index is 0.0778. The molecule has 1 rings (SSSR count). The fourth-order valence-electron chi connectivity index (χ4n) is 1.02.